The van der Waals surface area contributed by atoms with E-state index < -0.39 is 0 Å². The molecule has 0 bridgehead atoms. The second-order valence-corrected chi connectivity index (χ2v) is 10.5. The summed E-state index contributed by atoms with van der Waals surface area (Å²) in [5.41, 5.74) is 5.55. The Bertz CT molecular complexity index is 1700. The van der Waals surface area contributed by atoms with Crippen molar-refractivity contribution in [2.75, 3.05) is 15.5 Å². The van der Waals surface area contributed by atoms with Crippen LogP contribution in [0.15, 0.2) is 96.5 Å². The lowest BCUT2D eigenvalue weighted by Gasteiger charge is -2.26. The molecule has 2 amide bonds. The van der Waals surface area contributed by atoms with Gasteiger partial charge in [0.1, 0.15) is 5.82 Å². The standard InChI is InChI=1S/C31H23ClN4O2S/c1-19-16-23(24(32)17-26(19)35-30(37)20-8-3-2-4-9-20)31(38)36-18-21-10-6-14-33-29(21)34-25-12-5-11-22(28(25)36)27-13-7-15-39-27/h2-17H,18H2,1H3,(H,33,34)(H,35,37). The number of thiophene rings is 1. The van der Waals surface area contributed by atoms with Gasteiger partial charge in [0.05, 0.1) is 28.5 Å². The Morgan fingerprint density at radius 2 is 1.85 bits per heavy atom. The number of rotatable bonds is 4. The first-order valence-corrected chi connectivity index (χ1v) is 13.6. The summed E-state index contributed by atoms with van der Waals surface area (Å²) in [6.07, 6.45) is 1.73. The molecule has 0 radical (unpaired) electrons. The number of nitrogens with zero attached hydrogens (tertiary/aromatic N) is 2. The van der Waals surface area contributed by atoms with Crippen LogP contribution >= 0.6 is 22.9 Å². The highest BCUT2D eigenvalue weighted by Gasteiger charge is 2.30. The molecule has 0 unspecified atom stereocenters. The minimum atomic E-state index is -0.244. The zero-order valence-corrected chi connectivity index (χ0v) is 22.5. The van der Waals surface area contributed by atoms with Crippen molar-refractivity contribution in [1.82, 2.24) is 4.98 Å². The molecule has 192 valence electrons. The Balaban J connectivity index is 1.42. The van der Waals surface area contributed by atoms with E-state index in [0.717, 1.165) is 32.9 Å². The molecular weight excluding hydrogens is 528 g/mol. The van der Waals surface area contributed by atoms with Crippen LogP contribution < -0.4 is 15.5 Å². The van der Waals surface area contributed by atoms with Crippen LogP contribution in [0.25, 0.3) is 10.4 Å². The number of aryl methyl sites for hydroxylation is 1. The van der Waals surface area contributed by atoms with Gasteiger partial charge in [0.25, 0.3) is 11.8 Å². The Hall–Kier alpha value is -4.46. The monoisotopic (exact) mass is 550 g/mol. The number of amides is 2. The first-order chi connectivity index (χ1) is 19.0. The summed E-state index contributed by atoms with van der Waals surface area (Å²) in [6, 6.07) is 26.1. The van der Waals surface area contributed by atoms with Crippen LogP contribution in [-0.4, -0.2) is 16.8 Å². The van der Waals surface area contributed by atoms with E-state index in [9.17, 15) is 9.59 Å². The number of para-hydroxylation sites is 1. The van der Waals surface area contributed by atoms with E-state index >= 15 is 0 Å². The Morgan fingerprint density at radius 3 is 2.64 bits per heavy atom. The van der Waals surface area contributed by atoms with Crippen molar-refractivity contribution in [3.05, 3.63) is 124 Å². The first kappa shape index (κ1) is 24.9. The number of benzene rings is 3. The fourth-order valence-corrected chi connectivity index (χ4v) is 5.70. The average Bonchev–Trinajstić information content (AvgIpc) is 3.43. The molecule has 1 aliphatic heterocycles. The number of hydrogen-bond acceptors (Lipinski definition) is 5. The maximum absolute atomic E-state index is 14.3. The number of anilines is 4. The number of halogens is 1. The molecule has 0 saturated heterocycles. The highest BCUT2D eigenvalue weighted by molar-refractivity contribution is 7.13. The summed E-state index contributed by atoms with van der Waals surface area (Å²) in [6.45, 7) is 2.16. The number of hydrogen-bond donors (Lipinski definition) is 2. The maximum atomic E-state index is 14.3. The fourth-order valence-electron chi connectivity index (χ4n) is 4.70. The van der Waals surface area contributed by atoms with Gasteiger partial charge in [-0.2, -0.15) is 0 Å². The normalized spacial score (nSPS) is 12.1. The Morgan fingerprint density at radius 1 is 1.00 bits per heavy atom. The first-order valence-electron chi connectivity index (χ1n) is 12.4. The third kappa shape index (κ3) is 4.78. The average molecular weight is 551 g/mol. The lowest BCUT2D eigenvalue weighted by atomic mass is 10.0. The van der Waals surface area contributed by atoms with Crippen LogP contribution in [0.2, 0.25) is 5.02 Å². The van der Waals surface area contributed by atoms with Crippen molar-refractivity contribution in [3.8, 4) is 10.4 Å². The molecule has 0 spiro atoms. The zero-order valence-electron chi connectivity index (χ0n) is 20.9. The molecule has 3 aromatic carbocycles. The quantitative estimate of drug-likeness (QED) is 0.238. The molecule has 0 fully saturated rings. The molecule has 0 atom stereocenters. The van der Waals surface area contributed by atoms with E-state index in [4.69, 9.17) is 11.6 Å². The van der Waals surface area contributed by atoms with Crippen molar-refractivity contribution in [2.45, 2.75) is 13.5 Å². The second-order valence-electron chi connectivity index (χ2n) is 9.17. The summed E-state index contributed by atoms with van der Waals surface area (Å²) in [7, 11) is 0. The third-order valence-corrected chi connectivity index (χ3v) is 7.86. The van der Waals surface area contributed by atoms with Gasteiger partial charge in [-0.25, -0.2) is 4.98 Å². The highest BCUT2D eigenvalue weighted by atomic mass is 35.5. The topological polar surface area (TPSA) is 74.3 Å². The van der Waals surface area contributed by atoms with E-state index in [2.05, 4.69) is 15.6 Å². The number of nitrogens with one attached hydrogen (secondary N) is 2. The fraction of sp³-hybridized carbons (Fsp3) is 0.0645. The summed E-state index contributed by atoms with van der Waals surface area (Å²) in [5, 5.41) is 8.62. The van der Waals surface area contributed by atoms with Gasteiger partial charge >= 0.3 is 0 Å². The van der Waals surface area contributed by atoms with E-state index in [1.165, 1.54) is 0 Å². The SMILES string of the molecule is Cc1cc(C(=O)N2Cc3cccnc3Nc3cccc(-c4cccs4)c32)c(Cl)cc1NC(=O)c1ccccc1. The molecule has 3 heterocycles. The van der Waals surface area contributed by atoms with Crippen molar-refractivity contribution in [3.63, 3.8) is 0 Å². The van der Waals surface area contributed by atoms with Gasteiger partial charge in [-0.1, -0.05) is 54.1 Å². The van der Waals surface area contributed by atoms with Gasteiger partial charge in [0.2, 0.25) is 0 Å². The van der Waals surface area contributed by atoms with E-state index in [1.54, 1.807) is 46.7 Å². The molecule has 6 rings (SSSR count). The van der Waals surface area contributed by atoms with Gasteiger partial charge in [0, 0.05) is 33.5 Å². The van der Waals surface area contributed by atoms with Gasteiger partial charge in [-0.3, -0.25) is 9.59 Å². The molecule has 0 aliphatic carbocycles. The van der Waals surface area contributed by atoms with Crippen LogP contribution in [0, 0.1) is 6.92 Å². The van der Waals surface area contributed by atoms with Crippen molar-refractivity contribution >= 4 is 57.6 Å². The summed E-state index contributed by atoms with van der Waals surface area (Å²) in [5.74, 6) is 0.220. The lowest BCUT2D eigenvalue weighted by molar-refractivity contribution is 0.0984. The van der Waals surface area contributed by atoms with E-state index in [0.29, 0.717) is 29.2 Å². The molecule has 39 heavy (non-hydrogen) atoms. The van der Waals surface area contributed by atoms with Gasteiger partial charge < -0.3 is 15.5 Å². The van der Waals surface area contributed by atoms with Crippen LogP contribution in [0.1, 0.15) is 31.8 Å². The van der Waals surface area contributed by atoms with E-state index in [1.807, 2.05) is 73.0 Å². The smallest absolute Gasteiger partial charge is 0.260 e. The second kappa shape index (κ2) is 10.4. The van der Waals surface area contributed by atoms with Crippen LogP contribution in [0.5, 0.6) is 0 Å². The summed E-state index contributed by atoms with van der Waals surface area (Å²) < 4.78 is 0. The zero-order chi connectivity index (χ0) is 26.9. The summed E-state index contributed by atoms with van der Waals surface area (Å²) in [4.78, 5) is 34.4. The molecule has 6 nitrogen and oxygen atoms in total. The molecule has 2 aromatic heterocycles. The van der Waals surface area contributed by atoms with Crippen LogP contribution in [0.4, 0.5) is 22.9 Å². The summed E-state index contributed by atoms with van der Waals surface area (Å²) >= 11 is 8.34. The van der Waals surface area contributed by atoms with Gasteiger partial charge in [-0.05, 0) is 60.3 Å². The largest absolute Gasteiger partial charge is 0.338 e. The Kier molecular flexibility index (Phi) is 6.60. The number of carbonyl (C=O) groups is 2. The van der Waals surface area contributed by atoms with E-state index in [-0.39, 0.29) is 16.8 Å². The van der Waals surface area contributed by atoms with Gasteiger partial charge in [-0.15, -0.1) is 11.3 Å². The van der Waals surface area contributed by atoms with Crippen molar-refractivity contribution in [1.29, 1.82) is 0 Å². The number of pyridine rings is 1. The van der Waals surface area contributed by atoms with Gasteiger partial charge in [0.15, 0.2) is 0 Å². The lowest BCUT2D eigenvalue weighted by Crippen LogP contribution is -2.31. The minimum Gasteiger partial charge on any atom is -0.338 e. The highest BCUT2D eigenvalue weighted by Crippen LogP contribution is 2.44. The molecule has 1 aliphatic rings. The molecule has 2 N–H and O–H groups in total. The predicted octanol–water partition coefficient (Wildman–Crippen LogP) is 7.93. The molecule has 5 aromatic rings. The van der Waals surface area contributed by atoms with Crippen molar-refractivity contribution in [2.24, 2.45) is 0 Å². The third-order valence-electron chi connectivity index (χ3n) is 6.64. The van der Waals surface area contributed by atoms with Crippen molar-refractivity contribution < 1.29 is 9.59 Å². The number of fused-ring (bicyclic) bond motifs is 2. The minimum absolute atomic E-state index is 0.243. The maximum Gasteiger partial charge on any atom is 0.260 e. The molecule has 0 saturated carbocycles. The predicted molar refractivity (Wildman–Crippen MR) is 158 cm³/mol. The molecular formula is C31H23ClN4O2S. The van der Waals surface area contributed by atoms with Crippen LogP contribution in [0.3, 0.4) is 0 Å². The molecule has 8 heteroatoms. The Labute approximate surface area is 234 Å². The number of aromatic nitrogens is 1. The van der Waals surface area contributed by atoms with Crippen LogP contribution in [-0.2, 0) is 6.54 Å². The number of carbonyl (C=O) groups excluding carboxylic acids is 2.